The van der Waals surface area contributed by atoms with Gasteiger partial charge >= 0.3 is 83.6 Å². The number of primary amides is 1. The Morgan fingerprint density at radius 3 is 1.41 bits per heavy atom. The summed E-state index contributed by atoms with van der Waals surface area (Å²) in [5.74, 6) is -3.56. The van der Waals surface area contributed by atoms with Gasteiger partial charge in [-0.1, -0.05) is 7.43 Å². The second kappa shape index (κ2) is 21.4. The fraction of sp³-hybridized carbons (Fsp3) is 0.571. The zero-order valence-corrected chi connectivity index (χ0v) is 17.5. The standard InChI is InChI=1S/C2F3N4.C2H2F3NO.C2F3N.CH4.N3.2Na.H2O/c3-2(4,5)1-6-8-9-7-1;3-2(4,5)1(6)7;3-2(4,5)1-6;;1-3-2;;;/h;(H2,6,7);;1H4;;;;1H2/q-1;;;;-1;2*+1;. The number of hydrogen-bond donors (Lipinski definition) is 1. The van der Waals surface area contributed by atoms with Crippen molar-refractivity contribution in [2.24, 2.45) is 5.73 Å². The molecule has 0 aliphatic rings. The molecule has 0 bridgehead atoms. The molecule has 0 aromatic carbocycles. The van der Waals surface area contributed by atoms with E-state index in [-0.39, 0.29) is 78.1 Å². The normalized spacial score (nSPS) is 8.83. The molecule has 0 spiro atoms. The summed E-state index contributed by atoms with van der Waals surface area (Å²) in [4.78, 5) is 10.6. The molecule has 22 heteroatoms. The van der Waals surface area contributed by atoms with Gasteiger partial charge in [0.05, 0.1) is 0 Å². The Balaban J connectivity index is -0.0000000447. The van der Waals surface area contributed by atoms with E-state index >= 15 is 0 Å². The van der Waals surface area contributed by atoms with Crippen molar-refractivity contribution in [2.75, 3.05) is 0 Å². The van der Waals surface area contributed by atoms with Gasteiger partial charge in [-0.2, -0.15) is 50.0 Å². The maximum atomic E-state index is 11.4. The van der Waals surface area contributed by atoms with E-state index in [1.54, 1.807) is 0 Å². The number of hydrogen-bond acceptors (Lipinski definition) is 5. The summed E-state index contributed by atoms with van der Waals surface area (Å²) in [5.41, 5.74) is 17.3. The van der Waals surface area contributed by atoms with E-state index in [2.05, 4.69) is 26.4 Å². The van der Waals surface area contributed by atoms with Crippen LogP contribution in [-0.4, -0.2) is 39.3 Å². The van der Waals surface area contributed by atoms with E-state index in [1.165, 1.54) is 4.91 Å². The molecule has 1 heterocycles. The van der Waals surface area contributed by atoms with E-state index in [9.17, 15) is 39.5 Å². The number of carbonyl (C=O) groups is 1. The van der Waals surface area contributed by atoms with Crippen LogP contribution in [0, 0.1) is 11.3 Å². The summed E-state index contributed by atoms with van der Waals surface area (Å²) in [6.45, 7) is 0. The maximum Gasteiger partial charge on any atom is 1.00 e. The largest absolute Gasteiger partial charge is 1.00 e. The van der Waals surface area contributed by atoms with Gasteiger partial charge in [0.2, 0.25) is 0 Å². The number of tetrazole rings is 1. The Labute approximate surface area is 199 Å². The molecule has 1 aromatic rings. The van der Waals surface area contributed by atoms with Crippen molar-refractivity contribution in [1.29, 1.82) is 5.26 Å². The number of carbonyl (C=O) groups excluding carboxylic acids is 1. The summed E-state index contributed by atoms with van der Waals surface area (Å²) in [7, 11) is 0. The molecule has 0 aliphatic carbocycles. The molecule has 29 heavy (non-hydrogen) atoms. The summed E-state index contributed by atoms with van der Waals surface area (Å²) in [6.07, 6.45) is -14.0. The molecule has 0 saturated heterocycles. The minimum absolute atomic E-state index is 0. The summed E-state index contributed by atoms with van der Waals surface area (Å²) >= 11 is 0. The third kappa shape index (κ3) is 38.0. The van der Waals surface area contributed by atoms with Crippen LogP contribution in [0.3, 0.4) is 0 Å². The molecule has 1 aromatic heterocycles. The van der Waals surface area contributed by atoms with Crippen LogP contribution >= 0.6 is 0 Å². The number of halogens is 9. The van der Waals surface area contributed by atoms with Crippen LogP contribution in [0.5, 0.6) is 0 Å². The van der Waals surface area contributed by atoms with Gasteiger partial charge in [0.15, 0.2) is 6.07 Å². The molecule has 0 radical (unpaired) electrons. The average Bonchev–Trinajstić information content (AvgIpc) is 2.93. The molecule has 158 valence electrons. The molecule has 0 saturated carbocycles. The Morgan fingerprint density at radius 2 is 1.34 bits per heavy atom. The number of alkyl halides is 9. The van der Waals surface area contributed by atoms with E-state index in [0.717, 1.165) is 0 Å². The van der Waals surface area contributed by atoms with Crippen LogP contribution in [0.15, 0.2) is 0 Å². The Hall–Kier alpha value is -1.33. The van der Waals surface area contributed by atoms with Crippen molar-refractivity contribution in [2.45, 2.75) is 26.0 Å². The monoisotopic (exact) mass is 467 g/mol. The Kier molecular flexibility index (Phi) is 34.0. The zero-order chi connectivity index (χ0) is 20.9. The van der Waals surface area contributed by atoms with Crippen molar-refractivity contribution >= 4 is 5.91 Å². The third-order valence-corrected chi connectivity index (χ3v) is 0.979. The van der Waals surface area contributed by atoms with Gasteiger partial charge in [-0.25, -0.2) is 0 Å². The first-order valence-electron chi connectivity index (χ1n) is 4.61. The average molecular weight is 467 g/mol. The summed E-state index contributed by atoms with van der Waals surface area (Å²) in [5, 5.41) is 17.5. The second-order valence-corrected chi connectivity index (χ2v) is 2.76. The van der Waals surface area contributed by atoms with Crippen molar-refractivity contribution in [3.63, 3.8) is 0 Å². The van der Waals surface area contributed by atoms with Gasteiger partial charge in [0, 0.05) is 0 Å². The molecular weight excluding hydrogens is 459 g/mol. The molecule has 0 atom stereocenters. The van der Waals surface area contributed by atoms with Gasteiger partial charge in [0.1, 0.15) is 5.82 Å². The fourth-order valence-electron chi connectivity index (χ4n) is 0.258. The van der Waals surface area contributed by atoms with Crippen LogP contribution in [0.1, 0.15) is 13.3 Å². The van der Waals surface area contributed by atoms with Crippen LogP contribution in [-0.2, 0) is 11.0 Å². The number of nitriles is 1. The SMILES string of the molecule is C.FC(F)(F)c1nnn[n-]1.N#CC(F)(F)F.NC(=O)C(F)(F)F.O.[N-]=[N+]=[N-].[Na+].[Na+]. The van der Waals surface area contributed by atoms with Crippen LogP contribution in [0.4, 0.5) is 39.5 Å². The Morgan fingerprint density at radius 1 is 1.07 bits per heavy atom. The van der Waals surface area contributed by atoms with Crippen LogP contribution < -0.4 is 69.9 Å². The second-order valence-electron chi connectivity index (χ2n) is 2.76. The van der Waals surface area contributed by atoms with Gasteiger partial charge < -0.3 is 27.4 Å². The number of nitrogens with zero attached hydrogens (tertiary/aromatic N) is 8. The van der Waals surface area contributed by atoms with Crippen molar-refractivity contribution in [1.82, 2.24) is 20.6 Å². The van der Waals surface area contributed by atoms with E-state index in [4.69, 9.17) is 21.1 Å². The summed E-state index contributed by atoms with van der Waals surface area (Å²) in [6, 6.07) is 0.104. The van der Waals surface area contributed by atoms with Crippen LogP contribution in [0.2, 0.25) is 0 Å². The van der Waals surface area contributed by atoms with Gasteiger partial charge in [-0.15, -0.1) is 0 Å². The molecule has 1 rings (SSSR count). The first-order valence-corrected chi connectivity index (χ1v) is 4.61. The molecule has 4 N–H and O–H groups in total. The van der Waals surface area contributed by atoms with Crippen LogP contribution in [0.25, 0.3) is 16.0 Å². The topological polar surface area (TPSA) is 210 Å². The third-order valence-electron chi connectivity index (χ3n) is 0.979. The molecular formula is C7H8F9N9Na2O2. The maximum absolute atomic E-state index is 11.4. The predicted molar refractivity (Wildman–Crippen MR) is 65.5 cm³/mol. The molecule has 11 nitrogen and oxygen atoms in total. The summed E-state index contributed by atoms with van der Waals surface area (Å²) < 4.78 is 97.6. The first kappa shape index (κ1) is 46.1. The minimum Gasteiger partial charge on any atom is -0.412 e. The molecule has 0 unspecified atom stereocenters. The first-order chi connectivity index (χ1) is 11.0. The predicted octanol–water partition coefficient (Wildman–Crippen LogP) is -4.36. The molecule has 1 amide bonds. The van der Waals surface area contributed by atoms with Gasteiger partial charge in [-0.3, -0.25) is 20.0 Å². The number of nitrogens with two attached hydrogens (primary N) is 1. The van der Waals surface area contributed by atoms with Crippen molar-refractivity contribution < 1.29 is 109 Å². The van der Waals surface area contributed by atoms with Crippen molar-refractivity contribution in [3.05, 3.63) is 21.8 Å². The number of rotatable bonds is 0. The van der Waals surface area contributed by atoms with E-state index in [1.807, 2.05) is 0 Å². The van der Waals surface area contributed by atoms with Gasteiger partial charge in [0.25, 0.3) is 0 Å². The Bertz CT molecular complexity index is 577. The van der Waals surface area contributed by atoms with Gasteiger partial charge in [-0.05, 0) is 0 Å². The smallest absolute Gasteiger partial charge is 0.412 e. The van der Waals surface area contributed by atoms with E-state index in [0.29, 0.717) is 0 Å². The minimum atomic E-state index is -4.86. The zero-order valence-electron chi connectivity index (χ0n) is 13.5. The van der Waals surface area contributed by atoms with Crippen molar-refractivity contribution in [3.8, 4) is 6.07 Å². The van der Waals surface area contributed by atoms with E-state index < -0.39 is 30.3 Å². The quantitative estimate of drug-likeness (QED) is 0.131. The fourth-order valence-corrected chi connectivity index (χ4v) is 0.258. The molecule has 0 fully saturated rings. The number of amides is 1. The molecule has 0 aliphatic heterocycles. The number of aromatic nitrogens is 4.